The first-order valence-corrected chi connectivity index (χ1v) is 21.2. The van der Waals surface area contributed by atoms with Crippen molar-refractivity contribution in [2.45, 2.75) is 74.7 Å². The van der Waals surface area contributed by atoms with Gasteiger partial charge in [0.1, 0.15) is 35.7 Å². The van der Waals surface area contributed by atoms with Crippen molar-refractivity contribution in [2.24, 2.45) is 0 Å². The molecule has 0 aromatic heterocycles. The first kappa shape index (κ1) is 46.4. The van der Waals surface area contributed by atoms with E-state index in [2.05, 4.69) is 121 Å². The van der Waals surface area contributed by atoms with Crippen molar-refractivity contribution in [1.29, 1.82) is 0 Å². The van der Waals surface area contributed by atoms with Gasteiger partial charge in [0.15, 0.2) is 23.4 Å². The minimum Gasteiger partial charge on any atom is -1.00 e. The van der Waals surface area contributed by atoms with Gasteiger partial charge in [-0.3, -0.25) is 0 Å². The monoisotopic (exact) mass is 852 g/mol. The Bertz CT molecular complexity index is 1260. The Balaban J connectivity index is 0.000000322. The van der Waals surface area contributed by atoms with Crippen LogP contribution >= 0.6 is 14.5 Å². The zero-order valence-electron chi connectivity index (χ0n) is 28.7. The molecular weight excluding hydrogens is 807 g/mol. The van der Waals surface area contributed by atoms with Gasteiger partial charge in [-0.1, -0.05) is 72.8 Å². The molecule has 4 saturated heterocycles. The van der Waals surface area contributed by atoms with Gasteiger partial charge in [-0.15, -0.1) is 0 Å². The van der Waals surface area contributed by atoms with Crippen LogP contribution in [0.25, 0.3) is 0 Å². The maximum Gasteiger partial charge on any atom is 2.00 e. The van der Waals surface area contributed by atoms with E-state index in [1.54, 1.807) is 0 Å². The van der Waals surface area contributed by atoms with Crippen LogP contribution in [-0.4, -0.2) is 49.8 Å². The molecule has 8 rings (SSSR count). The van der Waals surface area contributed by atoms with E-state index in [-0.39, 0.29) is 66.1 Å². The van der Waals surface area contributed by atoms with Crippen LogP contribution in [0.4, 0.5) is 0 Å². The fourth-order valence-corrected chi connectivity index (χ4v) is 18.6. The number of rotatable bonds is 8. The molecule has 4 fully saturated rings. The minimum atomic E-state index is -1.74. The molecule has 280 valence electrons. The summed E-state index contributed by atoms with van der Waals surface area (Å²) in [4.78, 5) is 0. The number of ether oxygens (including phenoxy) is 4. The third-order valence-electron chi connectivity index (χ3n) is 10.2. The van der Waals surface area contributed by atoms with Crippen molar-refractivity contribution in [1.82, 2.24) is 0 Å². The van der Waals surface area contributed by atoms with Crippen LogP contribution < -0.4 is 70.8 Å². The van der Waals surface area contributed by atoms with E-state index in [1.807, 2.05) is 0 Å². The molecule has 0 N–H and O–H groups in total. The SMILES string of the molecule is [Cl-].[Cl-].[Cl-].[Cl-].[Ni+2].c1ccc([P+](c2ccccc2)([C@@H]2CCCO2)[C@H]2CCCO2)cc1.c1ccc([P+](c2ccccc2)([C@@H]2CCCO2)[C@H]2CCCO2)cc1. The summed E-state index contributed by atoms with van der Waals surface area (Å²) < 4.78 is 25.2. The predicted molar refractivity (Wildman–Crippen MR) is 194 cm³/mol. The number of hydrogen-bond acceptors (Lipinski definition) is 4. The second-order valence-electron chi connectivity index (χ2n) is 12.8. The van der Waals surface area contributed by atoms with Crippen molar-refractivity contribution >= 4 is 35.7 Å². The summed E-state index contributed by atoms with van der Waals surface area (Å²) in [7, 11) is -3.48. The summed E-state index contributed by atoms with van der Waals surface area (Å²) in [5.74, 6) is 1.21. The van der Waals surface area contributed by atoms with Gasteiger partial charge in [-0.2, -0.15) is 0 Å². The smallest absolute Gasteiger partial charge is 1.00 e. The molecule has 4 nitrogen and oxygen atoms in total. The minimum absolute atomic E-state index is 0. The Hall–Kier alpha value is -0.766. The molecule has 11 heteroatoms. The van der Waals surface area contributed by atoms with Crippen LogP contribution in [0, 0.1) is 0 Å². The van der Waals surface area contributed by atoms with Gasteiger partial charge in [-0.25, -0.2) is 0 Å². The first-order valence-electron chi connectivity index (χ1n) is 17.3. The van der Waals surface area contributed by atoms with Gasteiger partial charge in [0.2, 0.25) is 0 Å². The van der Waals surface area contributed by atoms with Crippen molar-refractivity contribution in [3.8, 4) is 0 Å². The normalized spacial score (nSPS) is 22.4. The Labute approximate surface area is 341 Å². The number of halogens is 4. The second-order valence-corrected chi connectivity index (χ2v) is 20.2. The maximum absolute atomic E-state index is 6.31. The van der Waals surface area contributed by atoms with E-state index in [1.165, 1.54) is 46.9 Å². The van der Waals surface area contributed by atoms with Crippen LogP contribution in [0.15, 0.2) is 121 Å². The quantitative estimate of drug-likeness (QED) is 0.134. The van der Waals surface area contributed by atoms with Gasteiger partial charge in [0.25, 0.3) is 0 Å². The molecule has 4 aromatic rings. The third kappa shape index (κ3) is 9.55. The van der Waals surface area contributed by atoms with Crippen LogP contribution in [0.2, 0.25) is 0 Å². The first-order chi connectivity index (χ1) is 22.8. The van der Waals surface area contributed by atoms with Crippen molar-refractivity contribution < 1.29 is 85.1 Å². The molecule has 0 radical (unpaired) electrons. The molecule has 0 amide bonds. The zero-order chi connectivity index (χ0) is 31.1. The van der Waals surface area contributed by atoms with E-state index >= 15 is 0 Å². The van der Waals surface area contributed by atoms with Crippen molar-refractivity contribution in [2.75, 3.05) is 26.4 Å². The summed E-state index contributed by atoms with van der Waals surface area (Å²) in [5.41, 5.74) is 0. The standard InChI is InChI=1S/2C20H24O2P.4ClH.Ni/c2*1-3-9-17(10-4-1)23(19-13-7-15-21-19,20-14-8-16-22-20)18-11-5-2-6-12-18;;;;;/h2*1-6,9-12,19-20H,7-8,13-16H2;4*1H;/q2*+1;;;;;+2/p-4/t2*19-,20+;;;;;. The van der Waals surface area contributed by atoms with Gasteiger partial charge in [0, 0.05) is 25.7 Å². The van der Waals surface area contributed by atoms with Gasteiger partial charge in [0.05, 0.1) is 26.4 Å². The second kappa shape index (κ2) is 22.6. The molecule has 51 heavy (non-hydrogen) atoms. The summed E-state index contributed by atoms with van der Waals surface area (Å²) in [5, 5.41) is 5.74. The molecular formula is C40H48Cl4NiO4P2. The molecule has 0 bridgehead atoms. The van der Waals surface area contributed by atoms with Gasteiger partial charge < -0.3 is 68.6 Å². The molecule has 0 spiro atoms. The summed E-state index contributed by atoms with van der Waals surface area (Å²) in [6.45, 7) is 3.55. The Morgan fingerprint density at radius 1 is 0.333 bits per heavy atom. The van der Waals surface area contributed by atoms with E-state index in [4.69, 9.17) is 18.9 Å². The molecule has 4 aliphatic rings. The molecule has 0 saturated carbocycles. The van der Waals surface area contributed by atoms with Crippen molar-refractivity contribution in [3.05, 3.63) is 121 Å². The van der Waals surface area contributed by atoms with Gasteiger partial charge >= 0.3 is 16.5 Å². The van der Waals surface area contributed by atoms with Crippen LogP contribution in [0.3, 0.4) is 0 Å². The fourth-order valence-electron chi connectivity index (χ4n) is 8.23. The predicted octanol–water partition coefficient (Wildman–Crippen LogP) is -4.13. The Kier molecular flexibility index (Phi) is 20.5. The van der Waals surface area contributed by atoms with Crippen LogP contribution in [-0.2, 0) is 35.4 Å². The van der Waals surface area contributed by atoms with Crippen LogP contribution in [0.5, 0.6) is 0 Å². The largest absolute Gasteiger partial charge is 2.00 e. The molecule has 4 heterocycles. The van der Waals surface area contributed by atoms with Gasteiger partial charge in [-0.05, 0) is 74.2 Å². The molecule has 0 unspecified atom stereocenters. The maximum atomic E-state index is 6.31. The summed E-state index contributed by atoms with van der Waals surface area (Å²) in [6, 6.07) is 44.1. The zero-order valence-corrected chi connectivity index (χ0v) is 34.5. The van der Waals surface area contributed by atoms with E-state index in [0.29, 0.717) is 23.4 Å². The Morgan fingerprint density at radius 2 is 0.529 bits per heavy atom. The average molecular weight is 855 g/mol. The number of benzene rings is 4. The van der Waals surface area contributed by atoms with E-state index < -0.39 is 14.5 Å². The summed E-state index contributed by atoms with van der Waals surface area (Å²) in [6.07, 6.45) is 9.26. The molecule has 4 aliphatic heterocycles. The number of hydrogen-bond donors (Lipinski definition) is 0. The molecule has 4 atom stereocenters. The molecule has 0 aliphatic carbocycles. The topological polar surface area (TPSA) is 36.9 Å². The average Bonchev–Trinajstić information content (AvgIpc) is 3.98. The van der Waals surface area contributed by atoms with E-state index in [9.17, 15) is 0 Å². The van der Waals surface area contributed by atoms with Crippen molar-refractivity contribution in [3.63, 3.8) is 0 Å². The Morgan fingerprint density at radius 3 is 0.686 bits per heavy atom. The third-order valence-corrected chi connectivity index (χ3v) is 20.0. The summed E-state index contributed by atoms with van der Waals surface area (Å²) >= 11 is 0. The fraction of sp³-hybridized carbons (Fsp3) is 0.400. The van der Waals surface area contributed by atoms with Crippen LogP contribution in [0.1, 0.15) is 51.4 Å². The molecule has 4 aromatic carbocycles. The van der Waals surface area contributed by atoms with E-state index in [0.717, 1.165) is 52.1 Å².